The fourth-order valence-corrected chi connectivity index (χ4v) is 2.76. The predicted octanol–water partition coefficient (Wildman–Crippen LogP) is 4.18. The largest absolute Gasteiger partial charge is 0.407 e. The van der Waals surface area contributed by atoms with Crippen LogP contribution in [-0.4, -0.2) is 6.18 Å². The lowest BCUT2D eigenvalue weighted by Crippen LogP contribution is -2.31. The molecule has 0 saturated heterocycles. The number of rotatable bonds is 2. The lowest BCUT2D eigenvalue weighted by Gasteiger charge is -2.18. The van der Waals surface area contributed by atoms with Crippen molar-refractivity contribution in [1.29, 1.82) is 0 Å². The molecule has 0 unspecified atom stereocenters. The van der Waals surface area contributed by atoms with Crippen LogP contribution in [-0.2, 0) is 6.42 Å². The van der Waals surface area contributed by atoms with E-state index in [9.17, 15) is 13.2 Å². The highest BCUT2D eigenvalue weighted by atomic mass is 19.4. The first kappa shape index (κ1) is 13.2. The maximum absolute atomic E-state index is 13.1. The molecule has 1 aliphatic heterocycles. The first-order valence-electron chi connectivity index (χ1n) is 6.51. The molecule has 104 valence electrons. The topological polar surface area (TPSA) is 12.0 Å². The molecule has 20 heavy (non-hydrogen) atoms. The summed E-state index contributed by atoms with van der Waals surface area (Å²) in [7, 11) is 0. The van der Waals surface area contributed by atoms with E-state index in [2.05, 4.69) is 5.32 Å². The molecule has 0 bridgehead atoms. The summed E-state index contributed by atoms with van der Waals surface area (Å²) in [6.07, 6.45) is -3.70. The van der Waals surface area contributed by atoms with Crippen molar-refractivity contribution in [1.82, 2.24) is 5.32 Å². The van der Waals surface area contributed by atoms with Gasteiger partial charge in [0.15, 0.2) is 0 Å². The molecule has 1 nitrogen and oxygen atoms in total. The van der Waals surface area contributed by atoms with Crippen LogP contribution in [0.15, 0.2) is 54.6 Å². The lowest BCUT2D eigenvalue weighted by atomic mass is 9.97. The van der Waals surface area contributed by atoms with Gasteiger partial charge < -0.3 is 0 Å². The van der Waals surface area contributed by atoms with Gasteiger partial charge in [0.1, 0.15) is 6.04 Å². The maximum atomic E-state index is 13.1. The second kappa shape index (κ2) is 4.94. The molecule has 1 N–H and O–H groups in total. The highest BCUT2D eigenvalue weighted by molar-refractivity contribution is 5.39. The van der Waals surface area contributed by atoms with Crippen molar-refractivity contribution in [3.63, 3.8) is 0 Å². The molecular weight excluding hydrogens is 263 g/mol. The van der Waals surface area contributed by atoms with E-state index in [0.29, 0.717) is 12.0 Å². The first-order chi connectivity index (χ1) is 9.55. The quantitative estimate of drug-likeness (QED) is 0.868. The zero-order valence-corrected chi connectivity index (χ0v) is 10.7. The highest BCUT2D eigenvalue weighted by Gasteiger charge is 2.46. The number of fused-ring (bicyclic) bond motifs is 1. The molecule has 3 rings (SSSR count). The van der Waals surface area contributed by atoms with E-state index in [1.165, 1.54) is 0 Å². The Morgan fingerprint density at radius 3 is 2.10 bits per heavy atom. The number of hydrogen-bond donors (Lipinski definition) is 1. The van der Waals surface area contributed by atoms with Crippen molar-refractivity contribution in [2.45, 2.75) is 24.7 Å². The minimum absolute atomic E-state index is 0.291. The molecular formula is C16H14F3N. The first-order valence-corrected chi connectivity index (χ1v) is 6.51. The van der Waals surface area contributed by atoms with Crippen molar-refractivity contribution in [2.75, 3.05) is 0 Å². The van der Waals surface area contributed by atoms with E-state index < -0.39 is 12.2 Å². The zero-order chi connectivity index (χ0) is 14.2. The molecule has 0 amide bonds. The number of halogens is 3. The van der Waals surface area contributed by atoms with E-state index in [1.54, 1.807) is 24.3 Å². The Morgan fingerprint density at radius 2 is 1.45 bits per heavy atom. The number of alkyl halides is 3. The van der Waals surface area contributed by atoms with Crippen LogP contribution >= 0.6 is 0 Å². The zero-order valence-electron chi connectivity index (χ0n) is 10.7. The Hall–Kier alpha value is -1.81. The normalized spacial score (nSPS) is 21.8. The van der Waals surface area contributed by atoms with Gasteiger partial charge in [0.2, 0.25) is 0 Å². The third-order valence-corrected chi connectivity index (χ3v) is 3.66. The molecule has 0 spiro atoms. The summed E-state index contributed by atoms with van der Waals surface area (Å²) in [6, 6.07) is 14.5. The smallest absolute Gasteiger partial charge is 0.295 e. The molecule has 0 saturated carbocycles. The summed E-state index contributed by atoms with van der Waals surface area (Å²) in [5.41, 5.74) is 2.13. The standard InChI is InChI=1S/C16H14F3N/c17-16(18,19)15-13-9-5-4-8-12(13)14(20-15)10-11-6-2-1-3-7-11/h1-9,14-15,20H,10H2/t14-,15-/m0/s1. The summed E-state index contributed by atoms with van der Waals surface area (Å²) in [5, 5.41) is 2.72. The van der Waals surface area contributed by atoms with Gasteiger partial charge in [0, 0.05) is 6.04 Å². The summed E-state index contributed by atoms with van der Waals surface area (Å²) >= 11 is 0. The Labute approximate surface area is 115 Å². The van der Waals surface area contributed by atoms with E-state index in [-0.39, 0.29) is 6.04 Å². The van der Waals surface area contributed by atoms with Crippen molar-refractivity contribution in [3.05, 3.63) is 71.3 Å². The summed E-state index contributed by atoms with van der Waals surface area (Å²) in [6.45, 7) is 0. The molecule has 2 atom stereocenters. The van der Waals surface area contributed by atoms with Crippen molar-refractivity contribution >= 4 is 0 Å². The molecule has 0 radical (unpaired) electrons. The van der Waals surface area contributed by atoms with Gasteiger partial charge in [0.25, 0.3) is 0 Å². The SMILES string of the molecule is FC(F)(F)[C@H]1N[C@@H](Cc2ccccc2)c2ccccc21. The molecule has 0 aromatic heterocycles. The lowest BCUT2D eigenvalue weighted by molar-refractivity contribution is -0.156. The fraction of sp³-hybridized carbons (Fsp3) is 0.250. The Morgan fingerprint density at radius 1 is 0.850 bits per heavy atom. The average Bonchev–Trinajstić information content (AvgIpc) is 2.79. The monoisotopic (exact) mass is 277 g/mol. The second-order valence-corrected chi connectivity index (χ2v) is 5.01. The van der Waals surface area contributed by atoms with Crippen LogP contribution in [0.3, 0.4) is 0 Å². The Balaban J connectivity index is 1.91. The van der Waals surface area contributed by atoms with Crippen LogP contribution in [0, 0.1) is 0 Å². The van der Waals surface area contributed by atoms with Gasteiger partial charge in [-0.2, -0.15) is 13.2 Å². The van der Waals surface area contributed by atoms with Crippen molar-refractivity contribution in [2.24, 2.45) is 0 Å². The van der Waals surface area contributed by atoms with Gasteiger partial charge in [-0.15, -0.1) is 0 Å². The van der Waals surface area contributed by atoms with Gasteiger partial charge in [-0.3, -0.25) is 5.32 Å². The molecule has 2 aromatic rings. The third kappa shape index (κ3) is 2.43. The second-order valence-electron chi connectivity index (χ2n) is 5.01. The van der Waals surface area contributed by atoms with Gasteiger partial charge >= 0.3 is 6.18 Å². The summed E-state index contributed by atoms with van der Waals surface area (Å²) in [4.78, 5) is 0. The molecule has 0 aliphatic carbocycles. The van der Waals surface area contributed by atoms with Crippen LogP contribution in [0.4, 0.5) is 13.2 Å². The molecule has 1 heterocycles. The van der Waals surface area contributed by atoms with Gasteiger partial charge in [-0.25, -0.2) is 0 Å². The number of benzene rings is 2. The Kier molecular flexibility index (Phi) is 3.26. The average molecular weight is 277 g/mol. The summed E-state index contributed by atoms with van der Waals surface area (Å²) < 4.78 is 39.3. The van der Waals surface area contributed by atoms with E-state index >= 15 is 0 Å². The minimum Gasteiger partial charge on any atom is -0.295 e. The van der Waals surface area contributed by atoms with Crippen LogP contribution in [0.25, 0.3) is 0 Å². The highest BCUT2D eigenvalue weighted by Crippen LogP contribution is 2.43. The van der Waals surface area contributed by atoms with E-state index in [1.807, 2.05) is 30.3 Å². The van der Waals surface area contributed by atoms with E-state index in [4.69, 9.17) is 0 Å². The maximum Gasteiger partial charge on any atom is 0.407 e. The fourth-order valence-electron chi connectivity index (χ4n) is 2.76. The van der Waals surface area contributed by atoms with Crippen LogP contribution in [0.5, 0.6) is 0 Å². The van der Waals surface area contributed by atoms with Crippen LogP contribution < -0.4 is 5.32 Å². The van der Waals surface area contributed by atoms with E-state index in [0.717, 1.165) is 11.1 Å². The predicted molar refractivity (Wildman–Crippen MR) is 71.3 cm³/mol. The van der Waals surface area contributed by atoms with Gasteiger partial charge in [-0.1, -0.05) is 54.6 Å². The molecule has 2 aromatic carbocycles. The number of nitrogens with one attached hydrogen (secondary N) is 1. The number of hydrogen-bond acceptors (Lipinski definition) is 1. The molecule has 1 aliphatic rings. The van der Waals surface area contributed by atoms with Gasteiger partial charge in [-0.05, 0) is 23.1 Å². The molecule has 4 heteroatoms. The minimum atomic E-state index is -4.26. The van der Waals surface area contributed by atoms with Crippen molar-refractivity contribution < 1.29 is 13.2 Å². The van der Waals surface area contributed by atoms with Crippen LogP contribution in [0.1, 0.15) is 28.8 Å². The Bertz CT molecular complexity index is 592. The summed E-state index contributed by atoms with van der Waals surface area (Å²) in [5.74, 6) is 0. The van der Waals surface area contributed by atoms with Gasteiger partial charge in [0.05, 0.1) is 0 Å². The van der Waals surface area contributed by atoms with Crippen molar-refractivity contribution in [3.8, 4) is 0 Å². The third-order valence-electron chi connectivity index (χ3n) is 3.66. The van der Waals surface area contributed by atoms with Crippen LogP contribution in [0.2, 0.25) is 0 Å². The molecule has 0 fully saturated rings.